The first-order chi connectivity index (χ1) is 19.5. The second-order valence-corrected chi connectivity index (χ2v) is 11.6. The summed E-state index contributed by atoms with van der Waals surface area (Å²) in [5.74, 6) is -11.2. The molecule has 0 bridgehead atoms. The molecule has 16 heteroatoms. The van der Waals surface area contributed by atoms with Gasteiger partial charge in [0.25, 0.3) is 0 Å². The maximum absolute atomic E-state index is 13.3. The predicted molar refractivity (Wildman–Crippen MR) is 132 cm³/mol. The van der Waals surface area contributed by atoms with Crippen LogP contribution in [-0.2, 0) is 47.6 Å². The van der Waals surface area contributed by atoms with E-state index in [0.717, 1.165) is 28.1 Å². The van der Waals surface area contributed by atoms with Gasteiger partial charge in [-0.05, 0) is 26.7 Å². The average molecular weight is 607 g/mol. The number of rotatable bonds is 9. The Morgan fingerprint density at radius 1 is 0.738 bits per heavy atom. The number of aliphatic carboxylic acids is 2. The van der Waals surface area contributed by atoms with Gasteiger partial charge < -0.3 is 59.1 Å². The second-order valence-electron chi connectivity index (χ2n) is 11.6. The summed E-state index contributed by atoms with van der Waals surface area (Å²) >= 11 is 0. The highest BCUT2D eigenvalue weighted by Gasteiger charge is 2.87. The largest absolute Gasteiger partial charge is 0.481 e. The molecule has 0 amide bonds. The number of aliphatic hydroxyl groups is 4. The van der Waals surface area contributed by atoms with Gasteiger partial charge in [-0.2, -0.15) is 0 Å². The van der Waals surface area contributed by atoms with Gasteiger partial charge in [0.05, 0.1) is 24.0 Å². The van der Waals surface area contributed by atoms with Crippen molar-refractivity contribution in [2.24, 2.45) is 22.7 Å². The zero-order valence-corrected chi connectivity index (χ0v) is 24.0. The number of hydrogen-bond acceptors (Lipinski definition) is 14. The van der Waals surface area contributed by atoms with Crippen molar-refractivity contribution in [3.8, 4) is 0 Å². The maximum atomic E-state index is 13.3. The molecule has 4 fully saturated rings. The minimum absolute atomic E-state index is 0.169. The quantitative estimate of drug-likeness (QED) is 0.155. The molecule has 4 saturated heterocycles. The van der Waals surface area contributed by atoms with Gasteiger partial charge in [0, 0.05) is 14.2 Å². The Morgan fingerprint density at radius 2 is 1.05 bits per heavy atom. The number of methoxy groups -OCH3 is 2. The fourth-order valence-electron chi connectivity index (χ4n) is 7.47. The van der Waals surface area contributed by atoms with Gasteiger partial charge in [-0.25, -0.2) is 0 Å². The molecule has 42 heavy (non-hydrogen) atoms. The molecule has 0 aromatic rings. The third kappa shape index (κ3) is 3.63. The van der Waals surface area contributed by atoms with Crippen LogP contribution in [0.4, 0.5) is 0 Å². The summed E-state index contributed by atoms with van der Waals surface area (Å²) in [6, 6.07) is 0. The van der Waals surface area contributed by atoms with Gasteiger partial charge >= 0.3 is 23.9 Å². The third-order valence-electron chi connectivity index (χ3n) is 9.92. The molecule has 0 radical (unpaired) electrons. The normalized spacial score (nSPS) is 48.0. The summed E-state index contributed by atoms with van der Waals surface area (Å²) in [5, 5.41) is 65.4. The molecule has 16 nitrogen and oxygen atoms in total. The standard InChI is InChI=1S/C26H38O16/c1-7-9-13(27)15(29)25(21(37-5)39-9)23(3,19(35)41-25)11(17(31)32)12(18(33)34)24(4)20(36)42-26(24)16(30)14(28)10(8-2)40-22(26)38-6/h9-16,21-22,27-30H,7-8H2,1-6H3,(H,31,32)(H,33,34)/t9?,10?,11?,12?,13-,14-,15+,16+,21+,22+,23?,24?,25?,26?/m0/s1. The molecule has 4 heterocycles. The van der Waals surface area contributed by atoms with Crippen molar-refractivity contribution in [2.45, 2.75) is 101 Å². The van der Waals surface area contributed by atoms with Gasteiger partial charge in [-0.15, -0.1) is 0 Å². The molecule has 238 valence electrons. The predicted octanol–water partition coefficient (Wildman–Crippen LogP) is -2.00. The first-order valence-electron chi connectivity index (χ1n) is 13.6. The van der Waals surface area contributed by atoms with Crippen LogP contribution >= 0.6 is 0 Å². The highest BCUT2D eigenvalue weighted by molar-refractivity contribution is 5.97. The topological polar surface area (TPSA) is 245 Å². The number of esters is 2. The summed E-state index contributed by atoms with van der Waals surface area (Å²) in [5.41, 5.74) is -9.94. The first kappa shape index (κ1) is 32.5. The fraction of sp³-hybridized carbons (Fsp3) is 0.846. The van der Waals surface area contributed by atoms with Crippen molar-refractivity contribution in [3.05, 3.63) is 0 Å². The molecule has 2 spiro atoms. The number of carboxylic acid groups (broad SMARTS) is 2. The molecule has 6 N–H and O–H groups in total. The van der Waals surface area contributed by atoms with Crippen molar-refractivity contribution in [3.63, 3.8) is 0 Å². The minimum Gasteiger partial charge on any atom is -0.481 e. The Bertz CT molecular complexity index is 1040. The van der Waals surface area contributed by atoms with Crippen LogP contribution in [0, 0.1) is 22.7 Å². The fourth-order valence-corrected chi connectivity index (χ4v) is 7.47. The van der Waals surface area contributed by atoms with E-state index >= 15 is 0 Å². The van der Waals surface area contributed by atoms with Crippen LogP contribution in [-0.4, -0.2) is 129 Å². The van der Waals surface area contributed by atoms with E-state index in [4.69, 9.17) is 28.4 Å². The van der Waals surface area contributed by atoms with E-state index in [9.17, 15) is 49.8 Å². The zero-order valence-electron chi connectivity index (χ0n) is 24.0. The molecule has 4 aliphatic heterocycles. The average Bonchev–Trinajstić information content (AvgIpc) is 2.95. The smallest absolute Gasteiger partial charge is 0.318 e. The number of aliphatic hydroxyl groups excluding tert-OH is 4. The SMILES string of the molecule is CCC1O[C@@H](OC)C2(OC(=O)C2(C)C(C(=O)O)C(C(=O)O)C2(C)C(=O)OC23[C@H](OC)OC(CC)[C@H](O)[C@H]3O)[C@H](O)[C@H]1O. The molecule has 4 aliphatic rings. The lowest BCUT2D eigenvalue weighted by molar-refractivity contribution is -0.411. The molecule has 8 unspecified atom stereocenters. The van der Waals surface area contributed by atoms with Crippen molar-refractivity contribution in [2.75, 3.05) is 14.2 Å². The lowest BCUT2D eigenvalue weighted by Crippen LogP contribution is -2.87. The molecule has 0 aromatic heterocycles. The maximum Gasteiger partial charge on any atom is 0.318 e. The molecular formula is C26H38O16. The second kappa shape index (κ2) is 10.6. The Kier molecular flexibility index (Phi) is 8.21. The Morgan fingerprint density at radius 3 is 1.26 bits per heavy atom. The van der Waals surface area contributed by atoms with E-state index in [2.05, 4.69) is 0 Å². The first-order valence-corrected chi connectivity index (χ1v) is 13.6. The van der Waals surface area contributed by atoms with Gasteiger partial charge in [-0.1, -0.05) is 13.8 Å². The number of hydrogen-bond donors (Lipinski definition) is 6. The molecule has 4 rings (SSSR count). The minimum atomic E-state index is -2.52. The number of carbonyl (C=O) groups is 4. The monoisotopic (exact) mass is 606 g/mol. The van der Waals surface area contributed by atoms with Crippen molar-refractivity contribution < 1.29 is 78.2 Å². The van der Waals surface area contributed by atoms with E-state index in [1.807, 2.05) is 0 Å². The lowest BCUT2D eigenvalue weighted by Gasteiger charge is -2.67. The van der Waals surface area contributed by atoms with Crippen LogP contribution in [0.1, 0.15) is 40.5 Å². The van der Waals surface area contributed by atoms with Crippen LogP contribution in [0.25, 0.3) is 0 Å². The number of carboxylic acids is 2. The van der Waals surface area contributed by atoms with Crippen LogP contribution in [0.5, 0.6) is 0 Å². The van der Waals surface area contributed by atoms with E-state index in [1.54, 1.807) is 13.8 Å². The molecule has 0 aromatic carbocycles. The van der Waals surface area contributed by atoms with Crippen molar-refractivity contribution in [1.82, 2.24) is 0 Å². The van der Waals surface area contributed by atoms with E-state index in [1.165, 1.54) is 0 Å². The summed E-state index contributed by atoms with van der Waals surface area (Å²) < 4.78 is 32.9. The molecule has 0 aliphatic carbocycles. The van der Waals surface area contributed by atoms with Crippen LogP contribution in [0.15, 0.2) is 0 Å². The van der Waals surface area contributed by atoms with Crippen LogP contribution in [0.2, 0.25) is 0 Å². The Hall–Kier alpha value is -2.44. The highest BCUT2D eigenvalue weighted by atomic mass is 16.7. The van der Waals surface area contributed by atoms with Crippen molar-refractivity contribution >= 4 is 23.9 Å². The Balaban J connectivity index is 1.93. The highest BCUT2D eigenvalue weighted by Crippen LogP contribution is 2.66. The van der Waals surface area contributed by atoms with Gasteiger partial charge in [0.1, 0.15) is 35.2 Å². The van der Waals surface area contributed by atoms with E-state index in [0.29, 0.717) is 0 Å². The van der Waals surface area contributed by atoms with Gasteiger partial charge in [-0.3, -0.25) is 19.2 Å². The van der Waals surface area contributed by atoms with Crippen LogP contribution in [0.3, 0.4) is 0 Å². The van der Waals surface area contributed by atoms with Crippen molar-refractivity contribution in [1.29, 1.82) is 0 Å². The summed E-state index contributed by atoms with van der Waals surface area (Å²) in [4.78, 5) is 52.8. The number of ether oxygens (including phenoxy) is 6. The third-order valence-corrected chi connectivity index (χ3v) is 9.92. The summed E-state index contributed by atoms with van der Waals surface area (Å²) in [6.07, 6.45) is -12.5. The summed E-state index contributed by atoms with van der Waals surface area (Å²) in [7, 11) is 2.23. The summed E-state index contributed by atoms with van der Waals surface area (Å²) in [6.45, 7) is 5.27. The molecule has 14 atom stereocenters. The zero-order chi connectivity index (χ0) is 31.7. The lowest BCUT2D eigenvalue weighted by atomic mass is 9.47. The van der Waals surface area contributed by atoms with E-state index < -0.39 is 107 Å². The Labute approximate surface area is 240 Å². The molecular weight excluding hydrogens is 568 g/mol. The molecule has 0 saturated carbocycles. The number of carbonyl (C=O) groups excluding carboxylic acids is 2. The van der Waals surface area contributed by atoms with Gasteiger partial charge in [0.2, 0.25) is 23.8 Å². The van der Waals surface area contributed by atoms with Gasteiger partial charge in [0.15, 0.2) is 0 Å². The van der Waals surface area contributed by atoms with E-state index in [-0.39, 0.29) is 12.8 Å². The van der Waals surface area contributed by atoms with Crippen LogP contribution < -0.4 is 0 Å².